The summed E-state index contributed by atoms with van der Waals surface area (Å²) in [6.07, 6.45) is 3.84. The van der Waals surface area contributed by atoms with E-state index in [0.717, 1.165) is 49.8 Å². The lowest BCUT2D eigenvalue weighted by Gasteiger charge is -2.19. The minimum Gasteiger partial charge on any atom is -0.357 e. The van der Waals surface area contributed by atoms with Crippen LogP contribution < -0.4 is 10.6 Å². The van der Waals surface area contributed by atoms with E-state index in [4.69, 9.17) is 0 Å². The third kappa shape index (κ3) is 4.93. The van der Waals surface area contributed by atoms with E-state index in [2.05, 4.69) is 32.7 Å². The Labute approximate surface area is 170 Å². The van der Waals surface area contributed by atoms with Gasteiger partial charge in [0, 0.05) is 25.0 Å². The lowest BCUT2D eigenvalue weighted by Crippen LogP contribution is -2.41. The van der Waals surface area contributed by atoms with Gasteiger partial charge in [0.2, 0.25) is 0 Å². The number of nitrogens with zero attached hydrogens (tertiary/aromatic N) is 4. The summed E-state index contributed by atoms with van der Waals surface area (Å²) in [4.78, 5) is 4.60. The van der Waals surface area contributed by atoms with E-state index in [1.165, 1.54) is 6.07 Å². The van der Waals surface area contributed by atoms with Crippen LogP contribution in [0.2, 0.25) is 0 Å². The molecule has 0 saturated heterocycles. The van der Waals surface area contributed by atoms with Crippen LogP contribution in [0.15, 0.2) is 35.6 Å². The van der Waals surface area contributed by atoms with Crippen molar-refractivity contribution in [2.24, 2.45) is 4.99 Å². The molecule has 0 atom stereocenters. The van der Waals surface area contributed by atoms with E-state index < -0.39 is 0 Å². The number of halogens is 2. The monoisotopic (exact) mass is 472 g/mol. The summed E-state index contributed by atoms with van der Waals surface area (Å²) in [7, 11) is 0. The van der Waals surface area contributed by atoms with Gasteiger partial charge < -0.3 is 15.2 Å². The zero-order valence-electron chi connectivity index (χ0n) is 15.2. The minimum atomic E-state index is -0.178. The molecule has 1 heterocycles. The Kier molecular flexibility index (Phi) is 7.36. The molecule has 8 heteroatoms. The normalized spacial score (nSPS) is 15.3. The van der Waals surface area contributed by atoms with Crippen molar-refractivity contribution in [2.75, 3.05) is 13.1 Å². The Hall–Kier alpha value is -1.71. The van der Waals surface area contributed by atoms with E-state index in [0.29, 0.717) is 6.54 Å². The Bertz CT molecular complexity index is 741. The molecule has 0 radical (unpaired) electrons. The molecule has 142 valence electrons. The Morgan fingerprint density at radius 3 is 2.77 bits per heavy atom. The molecule has 1 saturated carbocycles. The van der Waals surface area contributed by atoms with Crippen molar-refractivity contribution in [3.05, 3.63) is 47.8 Å². The van der Waals surface area contributed by atoms with Gasteiger partial charge in [-0.1, -0.05) is 12.1 Å². The zero-order valence-corrected chi connectivity index (χ0v) is 17.5. The van der Waals surface area contributed by atoms with Gasteiger partial charge in [0.25, 0.3) is 0 Å². The molecular weight excluding hydrogens is 446 g/mol. The summed E-state index contributed by atoms with van der Waals surface area (Å²) in [6, 6.07) is 6.91. The van der Waals surface area contributed by atoms with Gasteiger partial charge in [-0.2, -0.15) is 0 Å². The van der Waals surface area contributed by atoms with Crippen LogP contribution in [-0.2, 0) is 18.5 Å². The number of aromatic nitrogens is 3. The highest BCUT2D eigenvalue weighted by Gasteiger charge is 2.44. The van der Waals surface area contributed by atoms with Crippen molar-refractivity contribution in [3.63, 3.8) is 0 Å². The molecule has 1 aromatic heterocycles. The molecule has 0 aliphatic heterocycles. The minimum absolute atomic E-state index is 0. The van der Waals surface area contributed by atoms with Crippen LogP contribution in [0.4, 0.5) is 4.39 Å². The van der Waals surface area contributed by atoms with E-state index in [1.807, 2.05) is 17.6 Å². The van der Waals surface area contributed by atoms with E-state index in [-0.39, 0.29) is 35.2 Å². The molecule has 0 spiro atoms. The third-order valence-corrected chi connectivity index (χ3v) is 4.64. The summed E-state index contributed by atoms with van der Waals surface area (Å²) in [5.74, 6) is 1.41. The maximum absolute atomic E-state index is 13.5. The first-order chi connectivity index (χ1) is 12.2. The number of benzene rings is 1. The fourth-order valence-corrected chi connectivity index (χ4v) is 2.95. The van der Waals surface area contributed by atoms with Crippen molar-refractivity contribution in [1.82, 2.24) is 25.4 Å². The van der Waals surface area contributed by atoms with Crippen molar-refractivity contribution in [1.29, 1.82) is 0 Å². The molecule has 1 fully saturated rings. The number of hydrogen-bond donors (Lipinski definition) is 2. The SMILES string of the molecule is CCNC(=NCc1nncn1CC)NCC1(c2cccc(F)c2)CC1.I. The van der Waals surface area contributed by atoms with Crippen LogP contribution in [0.3, 0.4) is 0 Å². The van der Waals surface area contributed by atoms with Gasteiger partial charge in [0.05, 0.1) is 0 Å². The number of hydrogen-bond acceptors (Lipinski definition) is 3. The second-order valence-corrected chi connectivity index (χ2v) is 6.37. The summed E-state index contributed by atoms with van der Waals surface area (Å²) < 4.78 is 15.5. The first-order valence-corrected chi connectivity index (χ1v) is 8.82. The fourth-order valence-electron chi connectivity index (χ4n) is 2.95. The predicted octanol–water partition coefficient (Wildman–Crippen LogP) is 2.84. The molecule has 2 aromatic rings. The second kappa shape index (κ2) is 9.29. The average Bonchev–Trinajstić information content (AvgIpc) is 3.27. The molecule has 0 unspecified atom stereocenters. The highest BCUT2D eigenvalue weighted by Crippen LogP contribution is 2.47. The largest absolute Gasteiger partial charge is 0.357 e. The van der Waals surface area contributed by atoms with Crippen LogP contribution in [0, 0.1) is 5.82 Å². The molecule has 1 aliphatic rings. The highest BCUT2D eigenvalue weighted by molar-refractivity contribution is 14.0. The Balaban J connectivity index is 0.00000243. The third-order valence-electron chi connectivity index (χ3n) is 4.64. The molecule has 6 nitrogen and oxygen atoms in total. The van der Waals surface area contributed by atoms with Crippen molar-refractivity contribution in [3.8, 4) is 0 Å². The Morgan fingerprint density at radius 1 is 1.31 bits per heavy atom. The van der Waals surface area contributed by atoms with Crippen LogP contribution in [0.25, 0.3) is 0 Å². The summed E-state index contributed by atoms with van der Waals surface area (Å²) in [5.41, 5.74) is 1.07. The van der Waals surface area contributed by atoms with Gasteiger partial charge in [0.15, 0.2) is 11.8 Å². The van der Waals surface area contributed by atoms with Gasteiger partial charge in [-0.15, -0.1) is 34.2 Å². The number of aliphatic imine (C=N–C) groups is 1. The van der Waals surface area contributed by atoms with Gasteiger partial charge >= 0.3 is 0 Å². The van der Waals surface area contributed by atoms with Gasteiger partial charge in [-0.3, -0.25) is 0 Å². The molecule has 0 bridgehead atoms. The average molecular weight is 472 g/mol. The lowest BCUT2D eigenvalue weighted by atomic mass is 9.96. The molecule has 2 N–H and O–H groups in total. The number of aryl methyl sites for hydroxylation is 1. The molecule has 1 aromatic carbocycles. The Morgan fingerprint density at radius 2 is 2.12 bits per heavy atom. The maximum atomic E-state index is 13.5. The quantitative estimate of drug-likeness (QED) is 0.370. The molecule has 0 amide bonds. The fraction of sp³-hybridized carbons (Fsp3) is 0.500. The van der Waals surface area contributed by atoms with E-state index in [9.17, 15) is 4.39 Å². The standard InChI is InChI=1S/C18H25FN6.HI/c1-3-20-17(21-11-16-24-23-13-25(16)4-2)22-12-18(8-9-18)14-6-5-7-15(19)10-14;/h5-7,10,13H,3-4,8-9,11-12H2,1-2H3,(H2,20,21,22);1H. The van der Waals surface area contributed by atoms with Crippen molar-refractivity contribution < 1.29 is 4.39 Å². The van der Waals surface area contributed by atoms with Gasteiger partial charge in [-0.05, 0) is 44.4 Å². The smallest absolute Gasteiger partial charge is 0.191 e. The number of guanidine groups is 1. The number of nitrogens with one attached hydrogen (secondary N) is 2. The predicted molar refractivity (Wildman–Crippen MR) is 111 cm³/mol. The van der Waals surface area contributed by atoms with Gasteiger partial charge in [-0.25, -0.2) is 9.38 Å². The topological polar surface area (TPSA) is 67.1 Å². The van der Waals surface area contributed by atoms with Crippen LogP contribution in [-0.4, -0.2) is 33.8 Å². The first-order valence-electron chi connectivity index (χ1n) is 8.82. The molecule has 26 heavy (non-hydrogen) atoms. The molecule has 3 rings (SSSR count). The first kappa shape index (κ1) is 20.6. The lowest BCUT2D eigenvalue weighted by molar-refractivity contribution is 0.606. The summed E-state index contributed by atoms with van der Waals surface area (Å²) >= 11 is 0. The van der Waals surface area contributed by atoms with Gasteiger partial charge in [0.1, 0.15) is 18.7 Å². The van der Waals surface area contributed by atoms with E-state index in [1.54, 1.807) is 18.5 Å². The van der Waals surface area contributed by atoms with Crippen LogP contribution in [0.1, 0.15) is 38.1 Å². The van der Waals surface area contributed by atoms with Crippen LogP contribution >= 0.6 is 24.0 Å². The summed E-state index contributed by atoms with van der Waals surface area (Å²) in [6.45, 7) is 6.89. The van der Waals surface area contributed by atoms with Crippen molar-refractivity contribution in [2.45, 2.75) is 45.2 Å². The second-order valence-electron chi connectivity index (χ2n) is 6.37. The van der Waals surface area contributed by atoms with E-state index >= 15 is 0 Å². The molecule has 1 aliphatic carbocycles. The highest BCUT2D eigenvalue weighted by atomic mass is 127. The van der Waals surface area contributed by atoms with Crippen molar-refractivity contribution >= 4 is 29.9 Å². The maximum Gasteiger partial charge on any atom is 0.191 e. The number of rotatable bonds is 7. The summed E-state index contributed by atoms with van der Waals surface area (Å²) in [5, 5.41) is 14.7. The zero-order chi connectivity index (χ0) is 17.7. The molecular formula is C18H26FIN6. The van der Waals surface area contributed by atoms with Crippen LogP contribution in [0.5, 0.6) is 0 Å².